The van der Waals surface area contributed by atoms with E-state index in [1.165, 1.54) is 19.8 Å². The van der Waals surface area contributed by atoms with Gasteiger partial charge in [-0.2, -0.15) is 0 Å². The molecule has 0 spiro atoms. The predicted octanol–water partition coefficient (Wildman–Crippen LogP) is -0.301. The van der Waals surface area contributed by atoms with E-state index in [0.717, 1.165) is 25.7 Å². The van der Waals surface area contributed by atoms with Crippen molar-refractivity contribution in [3.8, 4) is 0 Å². The van der Waals surface area contributed by atoms with Gasteiger partial charge in [-0.1, -0.05) is 45.4 Å². The first-order valence-electron chi connectivity index (χ1n) is 17.9. The van der Waals surface area contributed by atoms with E-state index in [0.29, 0.717) is 32.2 Å². The van der Waals surface area contributed by atoms with Crippen molar-refractivity contribution in [1.82, 2.24) is 21.3 Å². The summed E-state index contributed by atoms with van der Waals surface area (Å²) in [4.78, 5) is 85.4. The molecule has 0 heterocycles. The van der Waals surface area contributed by atoms with E-state index >= 15 is 0 Å². The number of rotatable bonds is 30. The molecule has 0 rings (SSSR count). The zero-order valence-electron chi connectivity index (χ0n) is 30.4. The van der Waals surface area contributed by atoms with Crippen molar-refractivity contribution >= 4 is 58.7 Å². The van der Waals surface area contributed by atoms with Gasteiger partial charge in [0.1, 0.15) is 18.1 Å². The Balaban J connectivity index is 5.62. The zero-order chi connectivity index (χ0) is 38.6. The normalized spacial score (nSPS) is 13.1. The molecule has 0 unspecified atom stereocenters. The number of unbranched alkanes of at least 4 members (excludes halogenated alkanes) is 7. The maximum Gasteiger partial charge on any atom is 0.243 e. The fourth-order valence-electron chi connectivity index (χ4n) is 5.02. The van der Waals surface area contributed by atoms with Gasteiger partial charge in [0.25, 0.3) is 0 Å². The van der Waals surface area contributed by atoms with Gasteiger partial charge in [0, 0.05) is 19.5 Å². The Morgan fingerprint density at radius 3 is 1.65 bits per heavy atom. The van der Waals surface area contributed by atoms with E-state index in [2.05, 4.69) is 38.2 Å². The molecule has 0 aromatic carbocycles. The molecule has 292 valence electrons. The number of amides is 4. The Morgan fingerprint density at radius 2 is 1.10 bits per heavy atom. The second-order valence-corrected chi connectivity index (χ2v) is 12.7. The number of hydrogen-bond donors (Lipinski definition) is 9. The molecule has 18 heteroatoms. The van der Waals surface area contributed by atoms with Crippen molar-refractivity contribution < 1.29 is 28.8 Å². The van der Waals surface area contributed by atoms with Crippen LogP contribution in [0.25, 0.3) is 0 Å². The lowest BCUT2D eigenvalue weighted by Crippen LogP contribution is -2.57. The van der Waals surface area contributed by atoms with Gasteiger partial charge < -0.3 is 49.9 Å². The highest BCUT2D eigenvalue weighted by molar-refractivity contribution is 6.48. The van der Waals surface area contributed by atoms with Crippen molar-refractivity contribution in [3.05, 3.63) is 0 Å². The summed E-state index contributed by atoms with van der Waals surface area (Å²) in [7, 11) is 0. The molecule has 0 aliphatic heterocycles. The van der Waals surface area contributed by atoms with Crippen LogP contribution < -0.4 is 49.9 Å². The molecule has 4 atom stereocenters. The minimum absolute atomic E-state index is 0.0369. The summed E-state index contributed by atoms with van der Waals surface area (Å²) < 4.78 is 0. The number of nitrogens with two attached hydrogens (primary N) is 5. The Labute approximate surface area is 306 Å². The number of carbonyl (C=O) groups excluding carboxylic acids is 6. The minimum Gasteiger partial charge on any atom is -0.370 e. The summed E-state index contributed by atoms with van der Waals surface area (Å²) in [6.45, 7) is 4.33. The Hall–Kier alpha value is -3.99. The number of guanidine groups is 2. The first-order chi connectivity index (χ1) is 24.3. The summed E-state index contributed by atoms with van der Waals surface area (Å²) in [6, 6.07) is -4.43. The third kappa shape index (κ3) is 23.2. The Kier molecular flexibility index (Phi) is 26.4. The molecule has 0 fully saturated rings. The van der Waals surface area contributed by atoms with Crippen LogP contribution in [0.3, 0.4) is 0 Å². The average molecular weight is 744 g/mol. The Morgan fingerprint density at radius 1 is 0.608 bits per heavy atom. The van der Waals surface area contributed by atoms with E-state index in [4.69, 9.17) is 40.3 Å². The van der Waals surface area contributed by atoms with Crippen LogP contribution in [-0.2, 0) is 28.8 Å². The zero-order valence-corrected chi connectivity index (χ0v) is 31.1. The topological polar surface area (TPSA) is 305 Å². The summed E-state index contributed by atoms with van der Waals surface area (Å²) in [5, 5.41) is 10.6. The highest BCUT2D eigenvalue weighted by Crippen LogP contribution is 2.10. The van der Waals surface area contributed by atoms with Crippen LogP contribution in [-0.4, -0.2) is 96.8 Å². The Bertz CT molecular complexity index is 1150. The molecular formula is C33H62ClN11O6. The van der Waals surface area contributed by atoms with Crippen molar-refractivity contribution in [2.75, 3.05) is 25.5 Å². The maximum atomic E-state index is 13.4. The number of ketones is 2. The molecule has 0 bridgehead atoms. The minimum atomic E-state index is -1.23. The van der Waals surface area contributed by atoms with Crippen LogP contribution >= 0.6 is 11.6 Å². The highest BCUT2D eigenvalue weighted by atomic mass is 35.5. The van der Waals surface area contributed by atoms with E-state index in [-0.39, 0.29) is 63.0 Å². The lowest BCUT2D eigenvalue weighted by molar-refractivity contribution is -0.138. The van der Waals surface area contributed by atoms with Crippen LogP contribution in [0.1, 0.15) is 110 Å². The predicted molar refractivity (Wildman–Crippen MR) is 199 cm³/mol. The largest absolute Gasteiger partial charge is 0.370 e. The standard InChI is InChI=1S/C33H62ClN11O6/c1-3-4-5-6-7-8-9-17-27(47)43-24(16-13-20-41-33(38)39)30(50)42-22(2)29(49)45-25(14-10-11-18-35)31(51)44-23(28(48)26(46)21-34)15-12-19-40-32(36)37/h22-25H,3-21,35H2,1-2H3,(H,42,50)(H,43,47)(H,44,51)(H,45,49)(H4,36,37,40)(H4,38,39,41)/t22-,23-,24-,25-/m0/s1. The van der Waals surface area contributed by atoms with Gasteiger partial charge in [0.2, 0.25) is 35.2 Å². The molecule has 0 aliphatic carbocycles. The van der Waals surface area contributed by atoms with Crippen LogP contribution in [0.2, 0.25) is 0 Å². The van der Waals surface area contributed by atoms with Crippen molar-refractivity contribution in [2.24, 2.45) is 38.7 Å². The molecular weight excluding hydrogens is 682 g/mol. The lowest BCUT2D eigenvalue weighted by atomic mass is 10.0. The number of Topliss-reactive ketones (excluding diaryl/α,β-unsaturated/α-hetero) is 2. The number of aliphatic imine (C=N–C) groups is 2. The summed E-state index contributed by atoms with van der Waals surface area (Å²) >= 11 is 5.59. The van der Waals surface area contributed by atoms with Crippen LogP contribution in [0.4, 0.5) is 0 Å². The van der Waals surface area contributed by atoms with Gasteiger partial charge in [0.15, 0.2) is 11.9 Å². The van der Waals surface area contributed by atoms with E-state index in [1.54, 1.807) is 0 Å². The van der Waals surface area contributed by atoms with Crippen molar-refractivity contribution in [1.29, 1.82) is 0 Å². The maximum absolute atomic E-state index is 13.4. The van der Waals surface area contributed by atoms with Gasteiger partial charge in [-0.3, -0.25) is 38.8 Å². The second kappa shape index (κ2) is 28.7. The smallest absolute Gasteiger partial charge is 0.243 e. The molecule has 0 aliphatic rings. The number of carbonyl (C=O) groups is 6. The van der Waals surface area contributed by atoms with Crippen molar-refractivity contribution in [2.45, 2.75) is 134 Å². The van der Waals surface area contributed by atoms with Crippen LogP contribution in [0.5, 0.6) is 0 Å². The molecule has 51 heavy (non-hydrogen) atoms. The molecule has 0 saturated carbocycles. The quantitative estimate of drug-likeness (QED) is 0.0151. The molecule has 0 saturated heterocycles. The van der Waals surface area contributed by atoms with Gasteiger partial charge >= 0.3 is 0 Å². The van der Waals surface area contributed by atoms with Crippen LogP contribution in [0, 0.1) is 0 Å². The van der Waals surface area contributed by atoms with E-state index in [1.807, 2.05) is 0 Å². The van der Waals surface area contributed by atoms with Gasteiger partial charge in [-0.15, -0.1) is 11.6 Å². The SMILES string of the molecule is CCCCCCCCCC(=O)N[C@@H](CCCN=C(N)N)C(=O)N[C@@H](C)C(=O)N[C@@H](CCCCN)C(=O)N[C@@H](CCCN=C(N)N)C(=O)C(=O)CCl. The second-order valence-electron chi connectivity index (χ2n) is 12.4. The number of nitrogens with zero attached hydrogens (tertiary/aromatic N) is 2. The number of nitrogens with one attached hydrogen (secondary N) is 4. The van der Waals surface area contributed by atoms with Gasteiger partial charge in [-0.05, 0) is 64.8 Å². The molecule has 0 aromatic heterocycles. The first kappa shape index (κ1) is 47.0. The van der Waals surface area contributed by atoms with Crippen molar-refractivity contribution in [3.63, 3.8) is 0 Å². The molecule has 14 N–H and O–H groups in total. The van der Waals surface area contributed by atoms with E-state index < -0.39 is 59.3 Å². The third-order valence-electron chi connectivity index (χ3n) is 7.91. The molecule has 17 nitrogen and oxygen atoms in total. The fraction of sp³-hybridized carbons (Fsp3) is 0.758. The van der Waals surface area contributed by atoms with Crippen LogP contribution in [0.15, 0.2) is 9.98 Å². The average Bonchev–Trinajstić information content (AvgIpc) is 3.08. The molecule has 0 radical (unpaired) electrons. The number of alkyl halides is 1. The summed E-state index contributed by atoms with van der Waals surface area (Å²) in [6.07, 6.45) is 9.61. The summed E-state index contributed by atoms with van der Waals surface area (Å²) in [5.74, 6) is -4.86. The fourth-order valence-corrected chi connectivity index (χ4v) is 5.16. The molecule has 0 aromatic rings. The third-order valence-corrected chi connectivity index (χ3v) is 8.15. The lowest BCUT2D eigenvalue weighted by Gasteiger charge is -2.25. The molecule has 4 amide bonds. The highest BCUT2D eigenvalue weighted by Gasteiger charge is 2.31. The first-order valence-corrected chi connectivity index (χ1v) is 18.4. The summed E-state index contributed by atoms with van der Waals surface area (Å²) in [5.41, 5.74) is 27.1. The number of halogens is 1. The number of hydrogen-bond acceptors (Lipinski definition) is 9. The van der Waals surface area contributed by atoms with Gasteiger partial charge in [0.05, 0.1) is 11.9 Å². The van der Waals surface area contributed by atoms with E-state index in [9.17, 15) is 28.8 Å². The monoisotopic (exact) mass is 743 g/mol. The van der Waals surface area contributed by atoms with Gasteiger partial charge in [-0.25, -0.2) is 0 Å².